The minimum absolute atomic E-state index is 0.203. The lowest BCUT2D eigenvalue weighted by Crippen LogP contribution is -3.13. The Labute approximate surface area is 156 Å². The lowest BCUT2D eigenvalue weighted by molar-refractivity contribution is -0.915. The number of quaternary nitrogens is 1. The predicted octanol–water partition coefficient (Wildman–Crippen LogP) is 2.43. The molecular formula is C19H19ClFN4O+. The van der Waals surface area contributed by atoms with Gasteiger partial charge in [0.2, 0.25) is 5.82 Å². The smallest absolute Gasteiger partial charge is 0.282 e. The van der Waals surface area contributed by atoms with Gasteiger partial charge in [-0.05, 0) is 48.5 Å². The second-order valence-electron chi connectivity index (χ2n) is 6.41. The van der Waals surface area contributed by atoms with Crippen molar-refractivity contribution < 1.29 is 13.8 Å². The van der Waals surface area contributed by atoms with Crippen molar-refractivity contribution in [2.24, 2.45) is 0 Å². The van der Waals surface area contributed by atoms with Gasteiger partial charge in [0, 0.05) is 16.3 Å². The highest BCUT2D eigenvalue weighted by atomic mass is 35.5. The van der Waals surface area contributed by atoms with E-state index in [0.717, 1.165) is 37.4 Å². The van der Waals surface area contributed by atoms with E-state index in [4.69, 9.17) is 16.1 Å². The molecule has 0 aliphatic carbocycles. The summed E-state index contributed by atoms with van der Waals surface area (Å²) in [6.07, 6.45) is 0. The van der Waals surface area contributed by atoms with Crippen molar-refractivity contribution in [1.29, 1.82) is 0 Å². The maximum Gasteiger partial charge on any atom is 0.282 e. The van der Waals surface area contributed by atoms with Gasteiger partial charge in [-0.15, -0.1) is 0 Å². The second-order valence-corrected chi connectivity index (χ2v) is 6.85. The van der Waals surface area contributed by atoms with Gasteiger partial charge < -0.3 is 14.3 Å². The third-order valence-electron chi connectivity index (χ3n) is 4.63. The molecule has 2 heterocycles. The van der Waals surface area contributed by atoms with Crippen LogP contribution in [0.2, 0.25) is 5.02 Å². The molecule has 1 aliphatic rings. The van der Waals surface area contributed by atoms with Crippen LogP contribution in [-0.4, -0.2) is 36.3 Å². The Kier molecular flexibility index (Phi) is 4.86. The molecule has 7 heteroatoms. The van der Waals surface area contributed by atoms with Crippen LogP contribution in [0.3, 0.4) is 0 Å². The Hall–Kier alpha value is -2.44. The fourth-order valence-corrected chi connectivity index (χ4v) is 3.29. The summed E-state index contributed by atoms with van der Waals surface area (Å²) in [5.41, 5.74) is 1.95. The molecule has 0 bridgehead atoms. The Bertz CT molecular complexity index is 858. The molecule has 2 aromatic carbocycles. The SMILES string of the molecule is Fc1ccc(N2CC[NH+](Cc3nc(-c4ccc(Cl)cc4)no3)CC2)cc1. The molecular weight excluding hydrogens is 355 g/mol. The summed E-state index contributed by atoms with van der Waals surface area (Å²) in [6, 6.07) is 14.1. The van der Waals surface area contributed by atoms with Gasteiger partial charge in [-0.25, -0.2) is 4.39 Å². The molecule has 1 aliphatic heterocycles. The number of benzene rings is 2. The molecule has 3 aromatic rings. The number of piperazine rings is 1. The van der Waals surface area contributed by atoms with Crippen molar-refractivity contribution in [1.82, 2.24) is 10.1 Å². The zero-order chi connectivity index (χ0) is 17.9. The summed E-state index contributed by atoms with van der Waals surface area (Å²) in [5.74, 6) is 1.02. The standard InChI is InChI=1S/C19H18ClFN4O/c20-15-3-1-14(2-4-15)19-22-18(26-23-19)13-24-9-11-25(12-10-24)17-7-5-16(21)6-8-17/h1-8H,9-13H2/p+1. The number of rotatable bonds is 4. The molecule has 134 valence electrons. The third kappa shape index (κ3) is 3.86. The Morgan fingerprint density at radius 3 is 2.42 bits per heavy atom. The van der Waals surface area contributed by atoms with Crippen LogP contribution in [0.25, 0.3) is 11.4 Å². The van der Waals surface area contributed by atoms with Gasteiger partial charge in [-0.3, -0.25) is 0 Å². The Morgan fingerprint density at radius 1 is 1.04 bits per heavy atom. The molecule has 1 fully saturated rings. The van der Waals surface area contributed by atoms with Crippen LogP contribution in [0.15, 0.2) is 53.1 Å². The quantitative estimate of drug-likeness (QED) is 0.763. The first-order chi connectivity index (χ1) is 12.7. The highest BCUT2D eigenvalue weighted by molar-refractivity contribution is 6.30. The monoisotopic (exact) mass is 373 g/mol. The number of anilines is 1. The summed E-state index contributed by atoms with van der Waals surface area (Å²) >= 11 is 5.91. The molecule has 26 heavy (non-hydrogen) atoms. The molecule has 5 nitrogen and oxygen atoms in total. The highest BCUT2D eigenvalue weighted by Crippen LogP contribution is 2.18. The summed E-state index contributed by atoms with van der Waals surface area (Å²) in [7, 11) is 0. The number of aromatic nitrogens is 2. The van der Waals surface area contributed by atoms with Crippen LogP contribution >= 0.6 is 11.6 Å². The van der Waals surface area contributed by atoms with E-state index in [1.807, 2.05) is 36.4 Å². The molecule has 0 saturated carbocycles. The first-order valence-electron chi connectivity index (χ1n) is 8.60. The lowest BCUT2D eigenvalue weighted by Gasteiger charge is -2.33. The number of nitrogens with one attached hydrogen (secondary N) is 1. The number of hydrogen-bond donors (Lipinski definition) is 1. The van der Waals surface area contributed by atoms with Crippen LogP contribution in [0.5, 0.6) is 0 Å². The van der Waals surface area contributed by atoms with Gasteiger partial charge in [0.25, 0.3) is 5.89 Å². The van der Waals surface area contributed by atoms with E-state index in [9.17, 15) is 4.39 Å². The van der Waals surface area contributed by atoms with Crippen LogP contribution in [0.1, 0.15) is 5.89 Å². The minimum atomic E-state index is -0.203. The van der Waals surface area contributed by atoms with Gasteiger partial charge >= 0.3 is 0 Å². The van der Waals surface area contributed by atoms with Crippen molar-refractivity contribution in [2.75, 3.05) is 31.1 Å². The van der Waals surface area contributed by atoms with Crippen molar-refractivity contribution in [3.63, 3.8) is 0 Å². The van der Waals surface area contributed by atoms with Gasteiger partial charge in [0.05, 0.1) is 26.2 Å². The van der Waals surface area contributed by atoms with E-state index >= 15 is 0 Å². The summed E-state index contributed by atoms with van der Waals surface area (Å²) in [5, 5.41) is 4.75. The Morgan fingerprint density at radius 2 is 1.73 bits per heavy atom. The van der Waals surface area contributed by atoms with E-state index in [0.29, 0.717) is 23.3 Å². The van der Waals surface area contributed by atoms with Crippen molar-refractivity contribution in [3.05, 3.63) is 65.3 Å². The molecule has 0 radical (unpaired) electrons. The lowest BCUT2D eigenvalue weighted by atomic mass is 10.2. The van der Waals surface area contributed by atoms with Crippen molar-refractivity contribution in [3.8, 4) is 11.4 Å². The van der Waals surface area contributed by atoms with Crippen LogP contribution in [0.4, 0.5) is 10.1 Å². The van der Waals surface area contributed by atoms with E-state index in [2.05, 4.69) is 15.0 Å². The third-order valence-corrected chi connectivity index (χ3v) is 4.89. The van der Waals surface area contributed by atoms with E-state index < -0.39 is 0 Å². The maximum absolute atomic E-state index is 13.1. The number of hydrogen-bond acceptors (Lipinski definition) is 4. The summed E-state index contributed by atoms with van der Waals surface area (Å²) < 4.78 is 18.5. The van der Waals surface area contributed by atoms with Crippen LogP contribution in [-0.2, 0) is 6.54 Å². The fourth-order valence-electron chi connectivity index (χ4n) is 3.17. The summed E-state index contributed by atoms with van der Waals surface area (Å²) in [6.45, 7) is 4.47. The van der Waals surface area contributed by atoms with E-state index in [1.165, 1.54) is 17.0 Å². The zero-order valence-electron chi connectivity index (χ0n) is 14.2. The number of halogens is 2. The predicted molar refractivity (Wildman–Crippen MR) is 97.8 cm³/mol. The first-order valence-corrected chi connectivity index (χ1v) is 8.98. The molecule has 0 amide bonds. The van der Waals surface area contributed by atoms with Gasteiger partial charge in [-0.2, -0.15) is 4.98 Å². The molecule has 4 rings (SSSR count). The maximum atomic E-state index is 13.1. The largest absolute Gasteiger partial charge is 0.360 e. The molecule has 0 unspecified atom stereocenters. The van der Waals surface area contributed by atoms with Crippen molar-refractivity contribution in [2.45, 2.75) is 6.54 Å². The molecule has 0 atom stereocenters. The molecule has 1 N–H and O–H groups in total. The van der Waals surface area contributed by atoms with Gasteiger partial charge in [0.1, 0.15) is 5.82 Å². The second kappa shape index (κ2) is 7.43. The zero-order valence-corrected chi connectivity index (χ0v) is 14.9. The minimum Gasteiger partial charge on any atom is -0.360 e. The molecule has 0 spiro atoms. The topological polar surface area (TPSA) is 46.6 Å². The average Bonchev–Trinajstić information content (AvgIpc) is 3.12. The van der Waals surface area contributed by atoms with Crippen molar-refractivity contribution >= 4 is 17.3 Å². The molecule has 1 saturated heterocycles. The van der Waals surface area contributed by atoms with E-state index in [-0.39, 0.29) is 5.82 Å². The van der Waals surface area contributed by atoms with Crippen LogP contribution in [0, 0.1) is 5.82 Å². The van der Waals surface area contributed by atoms with Gasteiger partial charge in [0.15, 0.2) is 6.54 Å². The average molecular weight is 374 g/mol. The van der Waals surface area contributed by atoms with E-state index in [1.54, 1.807) is 0 Å². The van der Waals surface area contributed by atoms with Gasteiger partial charge in [-0.1, -0.05) is 16.8 Å². The Balaban J connectivity index is 1.34. The number of nitrogens with zero attached hydrogens (tertiary/aromatic N) is 3. The fraction of sp³-hybridized carbons (Fsp3) is 0.263. The first kappa shape index (κ1) is 17.0. The normalized spacial score (nSPS) is 15.4. The summed E-state index contributed by atoms with van der Waals surface area (Å²) in [4.78, 5) is 8.17. The van der Waals surface area contributed by atoms with Crippen LogP contribution < -0.4 is 9.80 Å². The molecule has 1 aromatic heterocycles. The highest BCUT2D eigenvalue weighted by Gasteiger charge is 2.22.